The zero-order chi connectivity index (χ0) is 14.3. The predicted molar refractivity (Wildman–Crippen MR) is 73.6 cm³/mol. The summed E-state index contributed by atoms with van der Waals surface area (Å²) < 4.78 is 0. The van der Waals surface area contributed by atoms with E-state index in [9.17, 15) is 9.59 Å². The van der Waals surface area contributed by atoms with Gasteiger partial charge in [0, 0.05) is 19.6 Å². The average molecular weight is 267 g/mol. The molecule has 2 aliphatic rings. The largest absolute Gasteiger partial charge is 0.332 e. The molecule has 0 saturated carbocycles. The summed E-state index contributed by atoms with van der Waals surface area (Å²) in [5.74, 6) is 0.646. The fourth-order valence-electron chi connectivity index (χ4n) is 3.12. The molecule has 0 aromatic rings. The molecule has 0 aromatic heterocycles. The Kier molecular flexibility index (Phi) is 3.85. The van der Waals surface area contributed by atoms with Crippen LogP contribution >= 0.6 is 0 Å². The van der Waals surface area contributed by atoms with Crippen LogP contribution in [0.5, 0.6) is 0 Å². The highest BCUT2D eigenvalue weighted by Gasteiger charge is 2.49. The van der Waals surface area contributed by atoms with Crippen LogP contribution in [0.15, 0.2) is 0 Å². The van der Waals surface area contributed by atoms with E-state index in [2.05, 4.69) is 18.7 Å². The van der Waals surface area contributed by atoms with Crippen LogP contribution in [0.25, 0.3) is 0 Å². The molecular weight excluding hydrogens is 242 g/mol. The lowest BCUT2D eigenvalue weighted by Gasteiger charge is -2.40. The molecule has 2 aliphatic heterocycles. The summed E-state index contributed by atoms with van der Waals surface area (Å²) in [6.07, 6.45) is 1.51. The van der Waals surface area contributed by atoms with E-state index in [0.29, 0.717) is 18.5 Å². The van der Waals surface area contributed by atoms with Crippen LogP contribution in [-0.4, -0.2) is 72.3 Å². The third-order valence-electron chi connectivity index (χ3n) is 4.37. The van der Waals surface area contributed by atoms with Crippen LogP contribution in [0.4, 0.5) is 0 Å². The molecule has 0 spiro atoms. The smallest absolute Gasteiger partial charge is 0.246 e. The molecule has 19 heavy (non-hydrogen) atoms. The van der Waals surface area contributed by atoms with Crippen molar-refractivity contribution in [2.24, 2.45) is 5.92 Å². The van der Waals surface area contributed by atoms with E-state index in [0.717, 1.165) is 12.8 Å². The number of carbonyl (C=O) groups is 2. The van der Waals surface area contributed by atoms with Crippen molar-refractivity contribution >= 4 is 11.8 Å². The van der Waals surface area contributed by atoms with Gasteiger partial charge in [-0.05, 0) is 32.9 Å². The summed E-state index contributed by atoms with van der Waals surface area (Å²) in [4.78, 5) is 30.6. The van der Waals surface area contributed by atoms with Crippen molar-refractivity contribution in [3.05, 3.63) is 0 Å². The highest BCUT2D eigenvalue weighted by atomic mass is 16.2. The number of hydrogen-bond donors (Lipinski definition) is 0. The Labute approximate surface area is 115 Å². The van der Waals surface area contributed by atoms with Crippen molar-refractivity contribution in [2.45, 2.75) is 44.8 Å². The molecule has 0 radical (unpaired) electrons. The van der Waals surface area contributed by atoms with Gasteiger partial charge in [-0.2, -0.15) is 0 Å². The van der Waals surface area contributed by atoms with Gasteiger partial charge in [0.1, 0.15) is 12.1 Å². The fourth-order valence-corrected chi connectivity index (χ4v) is 3.12. The summed E-state index contributed by atoms with van der Waals surface area (Å²) >= 11 is 0. The summed E-state index contributed by atoms with van der Waals surface area (Å²) in [5, 5.41) is 0. The fraction of sp³-hybridized carbons (Fsp3) is 0.857. The van der Waals surface area contributed by atoms with Crippen molar-refractivity contribution < 1.29 is 9.59 Å². The van der Waals surface area contributed by atoms with Crippen molar-refractivity contribution in [1.82, 2.24) is 14.7 Å². The normalized spacial score (nSPS) is 31.6. The van der Waals surface area contributed by atoms with Crippen molar-refractivity contribution in [1.29, 1.82) is 0 Å². The van der Waals surface area contributed by atoms with E-state index < -0.39 is 0 Å². The first-order chi connectivity index (χ1) is 8.82. The molecule has 0 aromatic carbocycles. The molecule has 5 heteroatoms. The maximum Gasteiger partial charge on any atom is 0.246 e. The monoisotopic (exact) mass is 267 g/mol. The Bertz CT molecular complexity index is 381. The van der Waals surface area contributed by atoms with Gasteiger partial charge in [0.2, 0.25) is 11.8 Å². The third-order valence-corrected chi connectivity index (χ3v) is 4.37. The van der Waals surface area contributed by atoms with Gasteiger partial charge in [-0.3, -0.25) is 9.59 Å². The number of rotatable bonds is 3. The Morgan fingerprint density at radius 2 is 1.89 bits per heavy atom. The first-order valence-electron chi connectivity index (χ1n) is 7.06. The second-order valence-electron chi connectivity index (χ2n) is 6.45. The zero-order valence-corrected chi connectivity index (χ0v) is 12.6. The lowest BCUT2D eigenvalue weighted by Crippen LogP contribution is -2.61. The maximum absolute atomic E-state index is 12.6. The third kappa shape index (κ3) is 2.48. The Balaban J connectivity index is 2.19. The second-order valence-corrected chi connectivity index (χ2v) is 6.45. The number of carbonyl (C=O) groups excluding carboxylic acids is 2. The van der Waals surface area contributed by atoms with Gasteiger partial charge in [0.05, 0.1) is 0 Å². The molecule has 3 atom stereocenters. The molecule has 108 valence electrons. The van der Waals surface area contributed by atoms with Gasteiger partial charge < -0.3 is 14.7 Å². The molecule has 2 amide bonds. The van der Waals surface area contributed by atoms with Crippen molar-refractivity contribution in [3.63, 3.8) is 0 Å². The van der Waals surface area contributed by atoms with E-state index in [1.54, 1.807) is 16.8 Å². The minimum absolute atomic E-state index is 0.106. The zero-order valence-electron chi connectivity index (χ0n) is 12.6. The molecule has 0 aliphatic carbocycles. The molecule has 0 bridgehead atoms. The summed E-state index contributed by atoms with van der Waals surface area (Å²) in [5.41, 5.74) is 0. The number of fused-ring (bicyclic) bond motifs is 1. The quantitative estimate of drug-likeness (QED) is 0.743. The first-order valence-corrected chi connectivity index (χ1v) is 7.06. The molecule has 2 rings (SSSR count). The van der Waals surface area contributed by atoms with Gasteiger partial charge in [0.15, 0.2) is 0 Å². The minimum atomic E-state index is -0.273. The maximum atomic E-state index is 12.6. The van der Waals surface area contributed by atoms with Gasteiger partial charge >= 0.3 is 0 Å². The van der Waals surface area contributed by atoms with Gasteiger partial charge in [-0.15, -0.1) is 0 Å². The molecular formula is C14H25N3O2. The van der Waals surface area contributed by atoms with E-state index in [1.807, 2.05) is 14.1 Å². The summed E-state index contributed by atoms with van der Waals surface area (Å²) in [6.45, 7) is 4.86. The summed E-state index contributed by atoms with van der Waals surface area (Å²) in [6, 6.07) is -0.220. The van der Waals surface area contributed by atoms with Crippen LogP contribution in [0.3, 0.4) is 0 Å². The molecule has 5 nitrogen and oxygen atoms in total. The van der Waals surface area contributed by atoms with E-state index in [-0.39, 0.29) is 23.9 Å². The van der Waals surface area contributed by atoms with E-state index in [4.69, 9.17) is 0 Å². The minimum Gasteiger partial charge on any atom is -0.332 e. The number of piperazine rings is 1. The highest BCUT2D eigenvalue weighted by molar-refractivity contribution is 5.97. The van der Waals surface area contributed by atoms with Crippen molar-refractivity contribution in [2.75, 3.05) is 27.7 Å². The van der Waals surface area contributed by atoms with Crippen LogP contribution in [0, 0.1) is 5.92 Å². The lowest BCUT2D eigenvalue weighted by atomic mass is 9.97. The van der Waals surface area contributed by atoms with E-state index in [1.165, 1.54) is 0 Å². The molecule has 0 unspecified atom stereocenters. The second kappa shape index (κ2) is 5.12. The SMILES string of the molecule is CC(C)C[C@H]1C(=O)N2C[C@H](N(C)C)C[C@H]2C(=O)N1C. The Morgan fingerprint density at radius 3 is 2.42 bits per heavy atom. The number of likely N-dealkylation sites (N-methyl/N-ethyl adjacent to an activating group) is 2. The molecule has 2 saturated heterocycles. The van der Waals surface area contributed by atoms with Gasteiger partial charge in [-0.1, -0.05) is 13.8 Å². The molecule has 2 heterocycles. The predicted octanol–water partition coefficient (Wildman–Crippen LogP) is 0.404. The van der Waals surface area contributed by atoms with Gasteiger partial charge in [0.25, 0.3) is 0 Å². The number of nitrogens with zero attached hydrogens (tertiary/aromatic N) is 3. The van der Waals surface area contributed by atoms with Crippen LogP contribution in [0.2, 0.25) is 0 Å². The van der Waals surface area contributed by atoms with E-state index >= 15 is 0 Å². The first kappa shape index (κ1) is 14.3. The highest BCUT2D eigenvalue weighted by Crippen LogP contribution is 2.30. The topological polar surface area (TPSA) is 43.9 Å². The number of hydrogen-bond acceptors (Lipinski definition) is 3. The standard InChI is InChI=1S/C14H25N3O2/c1-9(2)6-11-14(19)17-8-10(15(3)4)7-12(17)13(18)16(11)5/h9-12H,6-8H2,1-5H3/t10-,11+,12+/m1/s1. The Morgan fingerprint density at radius 1 is 1.26 bits per heavy atom. The lowest BCUT2D eigenvalue weighted by molar-refractivity contribution is -0.158. The van der Waals surface area contributed by atoms with Crippen LogP contribution in [-0.2, 0) is 9.59 Å². The van der Waals surface area contributed by atoms with Crippen molar-refractivity contribution in [3.8, 4) is 0 Å². The Hall–Kier alpha value is -1.10. The average Bonchev–Trinajstić information content (AvgIpc) is 2.77. The molecule has 0 N–H and O–H groups in total. The number of amides is 2. The molecule has 2 fully saturated rings. The van der Waals surface area contributed by atoms with Gasteiger partial charge in [-0.25, -0.2) is 0 Å². The summed E-state index contributed by atoms with van der Waals surface area (Å²) in [7, 11) is 5.79. The van der Waals surface area contributed by atoms with Crippen LogP contribution in [0.1, 0.15) is 26.7 Å². The van der Waals surface area contributed by atoms with Crippen LogP contribution < -0.4 is 0 Å².